The Labute approximate surface area is 165 Å². The van der Waals surface area contributed by atoms with Gasteiger partial charge in [0.15, 0.2) is 0 Å². The van der Waals surface area contributed by atoms with E-state index in [2.05, 4.69) is 25.3 Å². The number of carbonyl (C=O) groups excluding carboxylic acids is 2. The smallest absolute Gasteiger partial charge is 0.435 e. The van der Waals surface area contributed by atoms with Gasteiger partial charge >= 0.3 is 12.1 Å². The third kappa shape index (κ3) is 5.24. The predicted octanol–water partition coefficient (Wildman–Crippen LogP) is 2.38. The first-order chi connectivity index (χ1) is 13.2. The van der Waals surface area contributed by atoms with E-state index in [1.54, 1.807) is 13.0 Å². The molecule has 0 radical (unpaired) electrons. The summed E-state index contributed by atoms with van der Waals surface area (Å²) in [6.45, 7) is 1.73. The quantitative estimate of drug-likeness (QED) is 0.384. The van der Waals surface area contributed by atoms with Gasteiger partial charge < -0.3 is 26.6 Å². The van der Waals surface area contributed by atoms with Gasteiger partial charge in [0.25, 0.3) is 0 Å². The molecule has 3 amide bonds. The number of hydrogen-bond acceptors (Lipinski definition) is 6. The van der Waals surface area contributed by atoms with Crippen LogP contribution in [0.2, 0.25) is 5.02 Å². The lowest BCUT2D eigenvalue weighted by Crippen LogP contribution is -2.31. The van der Waals surface area contributed by atoms with E-state index in [9.17, 15) is 14.7 Å². The Balaban J connectivity index is 2.05. The molecule has 1 aromatic heterocycles. The van der Waals surface area contributed by atoms with Crippen LogP contribution >= 0.6 is 11.6 Å². The number of nitrogen functional groups attached to an aromatic ring is 1. The van der Waals surface area contributed by atoms with E-state index in [1.807, 2.05) is 0 Å². The number of carbonyl (C=O) groups is 2. The van der Waals surface area contributed by atoms with Crippen LogP contribution in [0.15, 0.2) is 35.5 Å². The molecule has 1 atom stereocenters. The van der Waals surface area contributed by atoms with E-state index in [-0.39, 0.29) is 33.7 Å². The van der Waals surface area contributed by atoms with Crippen molar-refractivity contribution in [2.24, 2.45) is 10.7 Å². The first kappa shape index (κ1) is 20.8. The van der Waals surface area contributed by atoms with Crippen molar-refractivity contribution in [3.63, 3.8) is 0 Å². The highest BCUT2D eigenvalue weighted by molar-refractivity contribution is 6.32. The minimum absolute atomic E-state index is 0.0792. The lowest BCUT2D eigenvalue weighted by Gasteiger charge is -2.16. The number of halogens is 1. The summed E-state index contributed by atoms with van der Waals surface area (Å²) in [4.78, 5) is 30.8. The molecule has 0 aliphatic carbocycles. The van der Waals surface area contributed by atoms with Gasteiger partial charge in [-0.05, 0) is 24.6 Å². The molecule has 1 heterocycles. The van der Waals surface area contributed by atoms with Crippen LogP contribution in [0.5, 0.6) is 5.75 Å². The third-order valence-corrected chi connectivity index (χ3v) is 3.98. The van der Waals surface area contributed by atoms with Crippen molar-refractivity contribution in [1.29, 1.82) is 0 Å². The fraction of sp³-hybridized carbons (Fsp3) is 0.176. The molecule has 0 spiro atoms. The zero-order valence-electron chi connectivity index (χ0n) is 15.1. The van der Waals surface area contributed by atoms with E-state index in [1.165, 1.54) is 31.5 Å². The minimum Gasteiger partial charge on any atom is -0.506 e. The minimum atomic E-state index is -0.874. The summed E-state index contributed by atoms with van der Waals surface area (Å²) in [5.74, 6) is -0.0794. The van der Waals surface area contributed by atoms with Crippen LogP contribution < -0.4 is 22.1 Å². The molecule has 0 aliphatic heterocycles. The number of pyridine rings is 1. The van der Waals surface area contributed by atoms with Crippen molar-refractivity contribution in [3.8, 4) is 5.75 Å². The van der Waals surface area contributed by atoms with E-state index < -0.39 is 18.2 Å². The average molecular weight is 407 g/mol. The van der Waals surface area contributed by atoms with Crippen molar-refractivity contribution < 1.29 is 19.4 Å². The van der Waals surface area contributed by atoms with E-state index in [0.717, 1.165) is 0 Å². The standard InChI is InChI=1S/C17H19ClN6O4/c1-8(9-3-4-11(18)13(25)5-9)22-16(26)23-14-6-12(19)10(7-21-14)15(20)24-17(27)28-2/h3-8,25H,1-2H3,(H2,20,24,27)(H4,19,21,22,23,26)/t8-/m1/s1. The van der Waals surface area contributed by atoms with Crippen molar-refractivity contribution in [2.75, 3.05) is 18.2 Å². The number of benzene rings is 1. The van der Waals surface area contributed by atoms with Gasteiger partial charge in [0.05, 0.1) is 23.7 Å². The van der Waals surface area contributed by atoms with Gasteiger partial charge in [-0.25, -0.2) is 14.6 Å². The number of hydrogen-bond donors (Lipinski definition) is 5. The number of methoxy groups -OCH3 is 1. The molecule has 2 aromatic rings. The lowest BCUT2D eigenvalue weighted by atomic mass is 10.1. The molecule has 0 saturated heterocycles. The van der Waals surface area contributed by atoms with Crippen molar-refractivity contribution in [2.45, 2.75) is 13.0 Å². The average Bonchev–Trinajstić information content (AvgIpc) is 2.63. The summed E-state index contributed by atoms with van der Waals surface area (Å²) in [5, 5.41) is 15.1. The predicted molar refractivity (Wildman–Crippen MR) is 105 cm³/mol. The number of ether oxygens (including phenoxy) is 1. The Morgan fingerprint density at radius 2 is 2.07 bits per heavy atom. The highest BCUT2D eigenvalue weighted by Gasteiger charge is 2.13. The number of aromatic hydroxyl groups is 1. The van der Waals surface area contributed by atoms with Gasteiger partial charge in [0.2, 0.25) is 0 Å². The Morgan fingerprint density at radius 3 is 2.68 bits per heavy atom. The number of nitrogens with one attached hydrogen (secondary N) is 2. The van der Waals surface area contributed by atoms with Crippen LogP contribution in [0, 0.1) is 0 Å². The maximum atomic E-state index is 12.2. The molecule has 148 valence electrons. The molecule has 11 heteroatoms. The molecule has 28 heavy (non-hydrogen) atoms. The number of anilines is 2. The molecule has 0 aliphatic rings. The number of aliphatic imine (C=N–C) groups is 1. The maximum absolute atomic E-state index is 12.2. The summed E-state index contributed by atoms with van der Waals surface area (Å²) < 4.78 is 4.39. The molecular formula is C17H19ClN6O4. The molecule has 2 rings (SSSR count). The molecule has 0 bridgehead atoms. The summed E-state index contributed by atoms with van der Waals surface area (Å²) in [7, 11) is 1.17. The van der Waals surface area contributed by atoms with E-state index in [0.29, 0.717) is 5.56 Å². The zero-order chi connectivity index (χ0) is 20.8. The summed E-state index contributed by atoms with van der Waals surface area (Å²) in [6, 6.07) is 5.08. The first-order valence-electron chi connectivity index (χ1n) is 7.95. The summed E-state index contributed by atoms with van der Waals surface area (Å²) in [5.41, 5.74) is 12.6. The number of amides is 3. The highest BCUT2D eigenvalue weighted by atomic mass is 35.5. The number of amidine groups is 1. The number of phenolic OH excluding ortho intramolecular Hbond substituents is 1. The van der Waals surface area contributed by atoms with Crippen LogP contribution in [0.25, 0.3) is 0 Å². The van der Waals surface area contributed by atoms with Crippen LogP contribution in [0.1, 0.15) is 24.1 Å². The summed E-state index contributed by atoms with van der Waals surface area (Å²) >= 11 is 5.77. The number of urea groups is 1. The largest absolute Gasteiger partial charge is 0.506 e. The molecule has 0 fully saturated rings. The Morgan fingerprint density at radius 1 is 1.36 bits per heavy atom. The number of nitrogens with zero attached hydrogens (tertiary/aromatic N) is 2. The van der Waals surface area contributed by atoms with Crippen molar-refractivity contribution in [1.82, 2.24) is 10.3 Å². The summed E-state index contributed by atoms with van der Waals surface area (Å²) in [6.07, 6.45) is 0.397. The monoisotopic (exact) mass is 406 g/mol. The van der Waals surface area contributed by atoms with Crippen LogP contribution in [0.3, 0.4) is 0 Å². The van der Waals surface area contributed by atoms with Crippen molar-refractivity contribution >= 4 is 41.1 Å². The topological polar surface area (TPSA) is 165 Å². The van der Waals surface area contributed by atoms with E-state index in [4.69, 9.17) is 23.1 Å². The molecule has 10 nitrogen and oxygen atoms in total. The second-order valence-electron chi connectivity index (χ2n) is 5.65. The number of aromatic nitrogens is 1. The van der Waals surface area contributed by atoms with Gasteiger partial charge in [-0.3, -0.25) is 5.32 Å². The Hall–Kier alpha value is -3.53. The van der Waals surface area contributed by atoms with Gasteiger partial charge in [-0.2, -0.15) is 4.99 Å². The van der Waals surface area contributed by atoms with Crippen LogP contribution in [0.4, 0.5) is 21.1 Å². The molecule has 0 unspecified atom stereocenters. The fourth-order valence-corrected chi connectivity index (χ4v) is 2.31. The van der Waals surface area contributed by atoms with Crippen molar-refractivity contribution in [3.05, 3.63) is 46.6 Å². The fourth-order valence-electron chi connectivity index (χ4n) is 2.19. The van der Waals surface area contributed by atoms with Crippen LogP contribution in [-0.2, 0) is 4.74 Å². The van der Waals surface area contributed by atoms with Gasteiger partial charge in [-0.1, -0.05) is 17.7 Å². The molecule has 1 aromatic carbocycles. The number of rotatable bonds is 4. The van der Waals surface area contributed by atoms with Crippen LogP contribution in [-0.4, -0.2) is 35.2 Å². The lowest BCUT2D eigenvalue weighted by molar-refractivity contribution is 0.182. The van der Waals surface area contributed by atoms with Gasteiger partial charge in [-0.15, -0.1) is 0 Å². The Bertz CT molecular complexity index is 934. The van der Waals surface area contributed by atoms with Gasteiger partial charge in [0, 0.05) is 18.0 Å². The first-order valence-corrected chi connectivity index (χ1v) is 8.33. The highest BCUT2D eigenvalue weighted by Crippen LogP contribution is 2.26. The molecule has 0 saturated carbocycles. The Kier molecular flexibility index (Phi) is 6.61. The second-order valence-corrected chi connectivity index (χ2v) is 6.06. The normalized spacial score (nSPS) is 12.2. The SMILES string of the molecule is COC(=O)/N=C(/N)c1cnc(NC(=O)N[C@H](C)c2ccc(Cl)c(O)c2)cc1N. The van der Waals surface area contributed by atoms with E-state index >= 15 is 0 Å². The maximum Gasteiger partial charge on any atom is 0.435 e. The number of phenols is 1. The molecular weight excluding hydrogens is 388 g/mol. The van der Waals surface area contributed by atoms with Gasteiger partial charge in [0.1, 0.15) is 17.4 Å². The second kappa shape index (κ2) is 8.91. The zero-order valence-corrected chi connectivity index (χ0v) is 15.8. The molecule has 7 N–H and O–H groups in total. The third-order valence-electron chi connectivity index (χ3n) is 3.66. The number of nitrogens with two attached hydrogens (primary N) is 2.